The van der Waals surface area contributed by atoms with Gasteiger partial charge in [0.2, 0.25) is 5.78 Å². The van der Waals surface area contributed by atoms with Crippen LogP contribution in [0.15, 0.2) is 176 Å². The van der Waals surface area contributed by atoms with Crippen molar-refractivity contribution in [3.63, 3.8) is 0 Å². The van der Waals surface area contributed by atoms with Crippen molar-refractivity contribution in [2.45, 2.75) is 51.6 Å². The van der Waals surface area contributed by atoms with E-state index in [-0.39, 0.29) is 10.8 Å². The summed E-state index contributed by atoms with van der Waals surface area (Å²) in [5.41, 5.74) is 7.26. The summed E-state index contributed by atoms with van der Waals surface area (Å²) < 4.78 is 12.1. The average molecular weight is 818 g/mol. The van der Waals surface area contributed by atoms with Crippen LogP contribution in [0.4, 0.5) is 0 Å². The van der Waals surface area contributed by atoms with Crippen LogP contribution in [0.5, 0.6) is 11.5 Å². The lowest BCUT2D eigenvalue weighted by Gasteiger charge is -2.42. The Morgan fingerprint density at radius 3 is 1.65 bits per heavy atom. The topological polar surface area (TPSA) is 31.5 Å². The van der Waals surface area contributed by atoms with Gasteiger partial charge in [-0.25, -0.2) is 4.98 Å². The van der Waals surface area contributed by atoms with Gasteiger partial charge in [-0.15, -0.1) is 0 Å². The molecule has 4 nitrogen and oxygen atoms in total. The second kappa shape index (κ2) is 13.0. The van der Waals surface area contributed by atoms with Crippen molar-refractivity contribution in [2.24, 2.45) is 0 Å². The third kappa shape index (κ3) is 5.03. The first-order valence-corrected chi connectivity index (χ1v) is 24.8. The van der Waals surface area contributed by atoms with E-state index in [2.05, 4.69) is 226 Å². The van der Waals surface area contributed by atoms with Crippen LogP contribution in [-0.2, 0) is 10.8 Å². The number of benzene rings is 8. The molecule has 3 heterocycles. The standard InChI is InChI=1S/C57H47N3OSi/c1-56(2)46-33-30-36(59-50-27-15-16-28-51(50)60-49-26-14-13-25-48(49)58-55(59)60)34-52(46)61-54-47(57(56,3)4)24-17-29-53(54)62(5,6)37-31-32-44-42-22-10-9-20-40(42)38-18-7-8-19-39(38)41-21-11-12-23-43(41)45(44)35-37/h7-35H,1-6H3/b40-38-,41-39-,44-42-,45-43-. The second-order valence-corrected chi connectivity index (χ2v) is 23.2. The zero-order valence-corrected chi connectivity index (χ0v) is 37.0. The Balaban J connectivity index is 1.10. The Kier molecular flexibility index (Phi) is 7.75. The molecule has 0 saturated carbocycles. The van der Waals surface area contributed by atoms with E-state index in [0.717, 1.165) is 45.0 Å². The molecule has 1 aliphatic carbocycles. The van der Waals surface area contributed by atoms with E-state index >= 15 is 0 Å². The van der Waals surface area contributed by atoms with Crippen LogP contribution >= 0.6 is 0 Å². The average Bonchev–Trinajstić information content (AvgIpc) is 3.81. The van der Waals surface area contributed by atoms with Crippen molar-refractivity contribution in [2.75, 3.05) is 0 Å². The van der Waals surface area contributed by atoms with Gasteiger partial charge in [-0.05, 0) is 77.3 Å². The minimum absolute atomic E-state index is 0.258. The number of para-hydroxylation sites is 5. The van der Waals surface area contributed by atoms with Crippen molar-refractivity contribution in [1.29, 1.82) is 0 Å². The highest BCUT2D eigenvalue weighted by atomic mass is 28.3. The van der Waals surface area contributed by atoms with E-state index in [1.54, 1.807) is 0 Å². The Morgan fingerprint density at radius 2 is 1.00 bits per heavy atom. The molecule has 8 aromatic carbocycles. The Bertz CT molecular complexity index is 3950. The number of hydrogen-bond donors (Lipinski definition) is 0. The fourth-order valence-corrected chi connectivity index (χ4v) is 13.3. The number of hydrogen-bond acceptors (Lipinski definition) is 2. The summed E-state index contributed by atoms with van der Waals surface area (Å²) in [7, 11) is -2.46. The molecular formula is C57H47N3OSi. The van der Waals surface area contributed by atoms with Crippen LogP contribution in [0.2, 0.25) is 13.1 Å². The molecule has 0 atom stereocenters. The lowest BCUT2D eigenvalue weighted by atomic mass is 9.61. The highest BCUT2D eigenvalue weighted by Crippen LogP contribution is 2.53. The van der Waals surface area contributed by atoms with E-state index in [4.69, 9.17) is 9.72 Å². The summed E-state index contributed by atoms with van der Waals surface area (Å²) in [5.74, 6) is 2.78. The molecule has 0 bridgehead atoms. The van der Waals surface area contributed by atoms with Crippen LogP contribution in [-0.4, -0.2) is 22.0 Å². The first kappa shape index (κ1) is 36.9. The SMILES string of the molecule is CC1(C)c2ccc(-n3c4ccccc4n4c5ccccc5nc34)cc2Oc2c(cccc2[Si](C)(C)c2ccc3/c(c2)=c2/cccc/c2=c2\cccc\c2=c2/cccc/c2=3)C1(C)C. The minimum atomic E-state index is -2.46. The smallest absolute Gasteiger partial charge is 0.220 e. The zero-order valence-electron chi connectivity index (χ0n) is 36.0. The maximum absolute atomic E-state index is 7.52. The molecular weight excluding hydrogens is 771 g/mol. The molecule has 10 aromatic rings. The first-order chi connectivity index (χ1) is 30.0. The molecule has 1 aliphatic heterocycles. The molecule has 300 valence electrons. The first-order valence-electron chi connectivity index (χ1n) is 21.8. The molecule has 0 unspecified atom stereocenters. The molecule has 2 aromatic heterocycles. The van der Waals surface area contributed by atoms with Gasteiger partial charge in [0.1, 0.15) is 19.6 Å². The summed E-state index contributed by atoms with van der Waals surface area (Å²) in [4.78, 5) is 5.20. The number of imidazole rings is 2. The summed E-state index contributed by atoms with van der Waals surface area (Å²) in [6.45, 7) is 14.6. The van der Waals surface area contributed by atoms with Gasteiger partial charge in [-0.2, -0.15) is 0 Å². The normalized spacial score (nSPS) is 17.0. The lowest BCUT2D eigenvalue weighted by molar-refractivity contribution is 0.306. The van der Waals surface area contributed by atoms with Crippen LogP contribution in [0.25, 0.3) is 33.5 Å². The molecule has 0 spiro atoms. The number of rotatable bonds is 3. The van der Waals surface area contributed by atoms with Crippen molar-refractivity contribution >= 4 is 46.3 Å². The van der Waals surface area contributed by atoms with Crippen molar-refractivity contribution in [3.8, 4) is 17.2 Å². The molecule has 0 N–H and O–H groups in total. The van der Waals surface area contributed by atoms with E-state index < -0.39 is 8.07 Å². The molecule has 0 radical (unpaired) electrons. The number of fused-ring (bicyclic) bond motifs is 11. The second-order valence-electron chi connectivity index (χ2n) is 18.8. The van der Waals surface area contributed by atoms with Gasteiger partial charge in [0.05, 0.1) is 27.8 Å². The van der Waals surface area contributed by atoms with Gasteiger partial charge in [0.25, 0.3) is 0 Å². The molecule has 0 saturated heterocycles. The van der Waals surface area contributed by atoms with E-state index in [1.165, 1.54) is 63.2 Å². The van der Waals surface area contributed by atoms with E-state index in [9.17, 15) is 0 Å². The highest BCUT2D eigenvalue weighted by molar-refractivity contribution is 7.01. The van der Waals surface area contributed by atoms with Gasteiger partial charge in [0, 0.05) is 28.0 Å². The van der Waals surface area contributed by atoms with Gasteiger partial charge in [0.15, 0.2) is 0 Å². The predicted molar refractivity (Wildman–Crippen MR) is 255 cm³/mol. The Morgan fingerprint density at radius 1 is 0.468 bits per heavy atom. The minimum Gasteiger partial charge on any atom is -0.457 e. The number of nitrogens with zero attached hydrogens (tertiary/aromatic N) is 3. The van der Waals surface area contributed by atoms with E-state index in [0.29, 0.717) is 0 Å². The number of ether oxygens (including phenoxy) is 1. The Labute approximate surface area is 361 Å². The van der Waals surface area contributed by atoms with Crippen LogP contribution in [0.3, 0.4) is 0 Å². The van der Waals surface area contributed by atoms with Crippen LogP contribution in [0.1, 0.15) is 38.8 Å². The quantitative estimate of drug-likeness (QED) is 0.166. The van der Waals surface area contributed by atoms with E-state index in [1.807, 2.05) is 0 Å². The van der Waals surface area contributed by atoms with Gasteiger partial charge >= 0.3 is 0 Å². The largest absolute Gasteiger partial charge is 0.457 e. The van der Waals surface area contributed by atoms with Crippen LogP contribution in [0, 0.1) is 41.7 Å². The lowest BCUT2D eigenvalue weighted by Crippen LogP contribution is -2.53. The molecule has 0 fully saturated rings. The molecule has 0 amide bonds. The predicted octanol–water partition coefficient (Wildman–Crippen LogP) is 12.1. The molecule has 2 aliphatic rings. The molecule has 62 heavy (non-hydrogen) atoms. The third-order valence-electron chi connectivity index (χ3n) is 14.8. The zero-order chi connectivity index (χ0) is 42.1. The van der Waals surface area contributed by atoms with Gasteiger partial charge < -0.3 is 4.74 Å². The molecule has 5 heteroatoms. The molecule has 12 rings (SSSR count). The summed E-state index contributed by atoms with van der Waals surface area (Å²) in [5, 5.41) is 12.8. The maximum atomic E-state index is 7.52. The Hall–Kier alpha value is -6.95. The monoisotopic (exact) mass is 817 g/mol. The highest BCUT2D eigenvalue weighted by Gasteiger charge is 2.47. The summed E-state index contributed by atoms with van der Waals surface area (Å²) >= 11 is 0. The van der Waals surface area contributed by atoms with Crippen molar-refractivity contribution in [1.82, 2.24) is 14.0 Å². The third-order valence-corrected chi connectivity index (χ3v) is 18.3. The van der Waals surface area contributed by atoms with Gasteiger partial charge in [-0.3, -0.25) is 8.97 Å². The fourth-order valence-electron chi connectivity index (χ4n) is 10.7. The number of aromatic nitrogens is 3. The summed E-state index contributed by atoms with van der Waals surface area (Å²) in [6, 6.07) is 64.8. The van der Waals surface area contributed by atoms with Crippen LogP contribution < -0.4 is 15.1 Å². The summed E-state index contributed by atoms with van der Waals surface area (Å²) in [6.07, 6.45) is 0. The fraction of sp³-hybridized carbons (Fsp3) is 0.140. The van der Waals surface area contributed by atoms with Crippen molar-refractivity contribution < 1.29 is 4.74 Å². The van der Waals surface area contributed by atoms with Crippen molar-refractivity contribution in [3.05, 3.63) is 229 Å². The maximum Gasteiger partial charge on any atom is 0.220 e. The van der Waals surface area contributed by atoms with Gasteiger partial charge in [-0.1, -0.05) is 186 Å².